The fraction of sp³-hybridized carbons (Fsp3) is 0. The fourth-order valence-electron chi connectivity index (χ4n) is 6.94. The number of fused-ring (bicyclic) bond motifs is 8. The number of nitrogens with zero attached hydrogens (tertiary/aromatic N) is 3. The Morgan fingerprint density at radius 2 is 1.17 bits per heavy atom. The van der Waals surface area contributed by atoms with Gasteiger partial charge in [-0.2, -0.15) is 0 Å². The minimum Gasteiger partial charge on any atom is -0.308 e. The summed E-state index contributed by atoms with van der Waals surface area (Å²) in [4.78, 5) is 11.7. The molecule has 10 aromatic rings. The van der Waals surface area contributed by atoms with Crippen molar-refractivity contribution in [1.29, 1.82) is 0 Å². The number of pyridine rings is 1. The van der Waals surface area contributed by atoms with Crippen LogP contribution in [-0.4, -0.2) is 14.4 Å². The number of para-hydroxylation sites is 1. The summed E-state index contributed by atoms with van der Waals surface area (Å²) in [5.74, 6) is 0. The number of hydrogen-bond donors (Lipinski definition) is 0. The van der Waals surface area contributed by atoms with Crippen LogP contribution in [0.1, 0.15) is 0 Å². The van der Waals surface area contributed by atoms with E-state index in [1.165, 1.54) is 53.6 Å². The van der Waals surface area contributed by atoms with E-state index in [0.29, 0.717) is 0 Å². The van der Waals surface area contributed by atoms with Crippen molar-refractivity contribution in [2.45, 2.75) is 0 Å². The van der Waals surface area contributed by atoms with Crippen molar-refractivity contribution >= 4 is 80.6 Å². The highest BCUT2D eigenvalue weighted by Crippen LogP contribution is 2.44. The Labute approximate surface area is 244 Å². The van der Waals surface area contributed by atoms with Gasteiger partial charge in [-0.25, -0.2) is 9.97 Å². The monoisotopic (exact) mass is 551 g/mol. The highest BCUT2D eigenvalue weighted by atomic mass is 32.1. The van der Waals surface area contributed by atoms with Gasteiger partial charge in [-0.3, -0.25) is 0 Å². The molecule has 0 bridgehead atoms. The summed E-state index contributed by atoms with van der Waals surface area (Å²) in [6, 6.07) is 45.7. The third-order valence-corrected chi connectivity index (χ3v) is 9.77. The van der Waals surface area contributed by atoms with Crippen LogP contribution in [0.3, 0.4) is 0 Å². The molecule has 0 fully saturated rings. The molecule has 0 radical (unpaired) electrons. The first-order valence-corrected chi connectivity index (χ1v) is 15.0. The second-order valence-electron chi connectivity index (χ2n) is 11.0. The van der Waals surface area contributed by atoms with Gasteiger partial charge in [0.2, 0.25) is 0 Å². The molecule has 42 heavy (non-hydrogen) atoms. The summed E-state index contributed by atoms with van der Waals surface area (Å²) < 4.78 is 3.67. The van der Waals surface area contributed by atoms with Gasteiger partial charge in [0.05, 0.1) is 27.9 Å². The molecule has 10 rings (SSSR count). The van der Waals surface area contributed by atoms with E-state index < -0.39 is 0 Å². The number of thiophene rings is 1. The van der Waals surface area contributed by atoms with Gasteiger partial charge in [0.25, 0.3) is 0 Å². The molecule has 4 heteroatoms. The number of benzene rings is 6. The van der Waals surface area contributed by atoms with Crippen LogP contribution in [0.25, 0.3) is 91.8 Å². The van der Waals surface area contributed by atoms with Crippen LogP contribution in [0.15, 0.2) is 127 Å². The molecule has 0 amide bonds. The quantitative estimate of drug-likeness (QED) is 0.158. The average molecular weight is 552 g/mol. The predicted octanol–water partition coefficient (Wildman–Crippen LogP) is 10.5. The first-order chi connectivity index (χ1) is 20.8. The van der Waals surface area contributed by atoms with E-state index in [4.69, 9.17) is 9.97 Å². The van der Waals surface area contributed by atoms with Crippen molar-refractivity contribution in [2.75, 3.05) is 0 Å². The van der Waals surface area contributed by atoms with Gasteiger partial charge >= 0.3 is 0 Å². The summed E-state index contributed by atoms with van der Waals surface area (Å²) in [6.07, 6.45) is 0. The van der Waals surface area contributed by atoms with Crippen LogP contribution in [-0.2, 0) is 0 Å². The van der Waals surface area contributed by atoms with E-state index >= 15 is 0 Å². The van der Waals surface area contributed by atoms with Crippen molar-refractivity contribution < 1.29 is 0 Å². The summed E-state index contributed by atoms with van der Waals surface area (Å²) >= 11 is 1.71. The molecule has 0 atom stereocenters. The van der Waals surface area contributed by atoms with Crippen LogP contribution in [0, 0.1) is 0 Å². The Morgan fingerprint density at radius 1 is 0.500 bits per heavy atom. The minimum atomic E-state index is 0.913. The highest BCUT2D eigenvalue weighted by molar-refractivity contribution is 7.25. The molecule has 4 aromatic heterocycles. The maximum Gasteiger partial charge on any atom is 0.143 e. The lowest BCUT2D eigenvalue weighted by molar-refractivity contribution is 1.32. The molecule has 3 nitrogen and oxygen atoms in total. The second-order valence-corrected chi connectivity index (χ2v) is 12.0. The molecule has 0 saturated heterocycles. The molecule has 0 N–H and O–H groups in total. The first-order valence-electron chi connectivity index (χ1n) is 14.2. The van der Waals surface area contributed by atoms with Gasteiger partial charge in [0.15, 0.2) is 0 Å². The van der Waals surface area contributed by atoms with Crippen LogP contribution < -0.4 is 0 Å². The normalized spacial score (nSPS) is 12.3. The van der Waals surface area contributed by atoms with Crippen LogP contribution >= 0.6 is 11.3 Å². The molecular weight excluding hydrogens is 531 g/mol. The van der Waals surface area contributed by atoms with Crippen molar-refractivity contribution in [3.63, 3.8) is 0 Å². The predicted molar refractivity (Wildman–Crippen MR) is 178 cm³/mol. The zero-order valence-corrected chi connectivity index (χ0v) is 23.2. The Bertz CT molecular complexity index is 2680. The van der Waals surface area contributed by atoms with E-state index in [-0.39, 0.29) is 0 Å². The molecule has 194 valence electrons. The molecule has 0 aliphatic heterocycles. The summed E-state index contributed by atoms with van der Waals surface area (Å²) in [6.45, 7) is 0. The standard InChI is InChI=1S/C38H21N3S/c1-2-10-23(11-3-1)34-35(40-38-36(39-34)27-15-5-7-19-32(27)42-38)24-20-28-25-14-4-6-17-30(25)41-31-18-9-13-22-12-8-16-26(33(22)31)29(21-24)37(28)41/h1-21H. The summed E-state index contributed by atoms with van der Waals surface area (Å²) in [5.41, 5.74) is 8.67. The van der Waals surface area contributed by atoms with E-state index in [1.807, 2.05) is 0 Å². The zero-order chi connectivity index (χ0) is 27.4. The minimum absolute atomic E-state index is 0.913. The topological polar surface area (TPSA) is 30.2 Å². The summed E-state index contributed by atoms with van der Waals surface area (Å²) in [5, 5.41) is 8.69. The zero-order valence-electron chi connectivity index (χ0n) is 22.4. The largest absolute Gasteiger partial charge is 0.308 e. The molecule has 0 unspecified atom stereocenters. The van der Waals surface area contributed by atoms with E-state index in [1.54, 1.807) is 11.3 Å². The summed E-state index contributed by atoms with van der Waals surface area (Å²) in [7, 11) is 0. The van der Waals surface area contributed by atoms with Gasteiger partial charge in [-0.1, -0.05) is 97.1 Å². The third-order valence-electron chi connectivity index (χ3n) is 8.72. The SMILES string of the molecule is c1ccc(-c2nc3c(nc2-c2cc4c5cccc6cccc(c65)n5c6ccccc6c(c2)c45)sc2ccccc23)cc1. The Kier molecular flexibility index (Phi) is 4.33. The van der Waals surface area contributed by atoms with Crippen LogP contribution in [0.4, 0.5) is 0 Å². The van der Waals surface area contributed by atoms with Crippen molar-refractivity contribution in [2.24, 2.45) is 0 Å². The number of rotatable bonds is 2. The van der Waals surface area contributed by atoms with Gasteiger partial charge in [-0.15, -0.1) is 11.3 Å². The lowest BCUT2D eigenvalue weighted by Gasteiger charge is -2.15. The highest BCUT2D eigenvalue weighted by Gasteiger charge is 2.22. The van der Waals surface area contributed by atoms with Crippen molar-refractivity contribution in [1.82, 2.24) is 14.4 Å². The second kappa shape index (κ2) is 8.12. The Hall–Kier alpha value is -5.32. The Balaban J connectivity index is 1.41. The van der Waals surface area contributed by atoms with Gasteiger partial charge in [-0.05, 0) is 41.1 Å². The lowest BCUT2D eigenvalue weighted by Crippen LogP contribution is -1.96. The molecule has 6 aromatic carbocycles. The molecule has 0 spiro atoms. The third kappa shape index (κ3) is 2.89. The molecule has 0 aliphatic rings. The van der Waals surface area contributed by atoms with Gasteiger partial charge in [0, 0.05) is 42.8 Å². The van der Waals surface area contributed by atoms with Gasteiger partial charge < -0.3 is 4.40 Å². The average Bonchev–Trinajstić information content (AvgIpc) is 3.59. The molecule has 4 heterocycles. The van der Waals surface area contributed by atoms with Crippen molar-refractivity contribution in [3.05, 3.63) is 127 Å². The van der Waals surface area contributed by atoms with E-state index in [2.05, 4.69) is 132 Å². The van der Waals surface area contributed by atoms with E-state index in [0.717, 1.165) is 38.2 Å². The van der Waals surface area contributed by atoms with Gasteiger partial charge in [0.1, 0.15) is 10.3 Å². The number of hydrogen-bond acceptors (Lipinski definition) is 3. The maximum atomic E-state index is 5.39. The molecule has 0 saturated carbocycles. The van der Waals surface area contributed by atoms with Crippen LogP contribution in [0.5, 0.6) is 0 Å². The van der Waals surface area contributed by atoms with Crippen LogP contribution in [0.2, 0.25) is 0 Å². The maximum absolute atomic E-state index is 5.39. The fourth-order valence-corrected chi connectivity index (χ4v) is 7.96. The number of aromatic nitrogens is 3. The molecular formula is C38H21N3S. The smallest absolute Gasteiger partial charge is 0.143 e. The van der Waals surface area contributed by atoms with Crippen molar-refractivity contribution in [3.8, 4) is 22.5 Å². The van der Waals surface area contributed by atoms with E-state index in [9.17, 15) is 0 Å². The molecule has 0 aliphatic carbocycles. The first kappa shape index (κ1) is 22.4. The lowest BCUT2D eigenvalue weighted by atomic mass is 9.95. The Morgan fingerprint density at radius 3 is 2.05 bits per heavy atom.